The average molecular weight is 230 g/mol. The third kappa shape index (κ3) is 1.62. The van der Waals surface area contributed by atoms with E-state index < -0.39 is 0 Å². The van der Waals surface area contributed by atoms with Gasteiger partial charge in [-0.1, -0.05) is 25.6 Å². The van der Waals surface area contributed by atoms with Crippen LogP contribution in [0.25, 0.3) is 0 Å². The second-order valence-electron chi connectivity index (χ2n) is 4.15. The van der Waals surface area contributed by atoms with Gasteiger partial charge in [0, 0.05) is 23.4 Å². The molecular formula is C13H14N2O2. The first-order valence-corrected chi connectivity index (χ1v) is 5.57. The van der Waals surface area contributed by atoms with Crippen molar-refractivity contribution in [1.29, 1.82) is 0 Å². The van der Waals surface area contributed by atoms with Crippen molar-refractivity contribution in [2.24, 2.45) is 0 Å². The van der Waals surface area contributed by atoms with Crippen LogP contribution >= 0.6 is 0 Å². The van der Waals surface area contributed by atoms with E-state index in [0.29, 0.717) is 6.79 Å². The Labute approximate surface area is 99.9 Å². The Morgan fingerprint density at radius 2 is 2.24 bits per heavy atom. The molecule has 2 aliphatic rings. The van der Waals surface area contributed by atoms with Crippen molar-refractivity contribution >= 4 is 0 Å². The number of hydrogen-bond donors (Lipinski definition) is 2. The number of hydrogen-bond acceptors (Lipinski definition) is 4. The summed E-state index contributed by atoms with van der Waals surface area (Å²) in [6.45, 7) is 6.25. The first kappa shape index (κ1) is 10.1. The van der Waals surface area contributed by atoms with Crippen LogP contribution < -0.4 is 20.1 Å². The second-order valence-corrected chi connectivity index (χ2v) is 4.15. The van der Waals surface area contributed by atoms with E-state index >= 15 is 0 Å². The van der Waals surface area contributed by atoms with Crippen molar-refractivity contribution in [3.63, 3.8) is 0 Å². The lowest BCUT2D eigenvalue weighted by Crippen LogP contribution is -2.14. The van der Waals surface area contributed by atoms with Gasteiger partial charge in [-0.3, -0.25) is 0 Å². The Balaban J connectivity index is 1.94. The predicted octanol–water partition coefficient (Wildman–Crippen LogP) is 2.02. The van der Waals surface area contributed by atoms with E-state index in [1.807, 2.05) is 18.3 Å². The lowest BCUT2D eigenvalue weighted by Gasteiger charge is -2.15. The Hall–Kier alpha value is -2.10. The summed E-state index contributed by atoms with van der Waals surface area (Å²) in [5.74, 6) is 2.68. The molecule has 0 bridgehead atoms. The number of rotatable bonds is 2. The molecule has 0 spiro atoms. The van der Waals surface area contributed by atoms with Gasteiger partial charge in [-0.25, -0.2) is 0 Å². The van der Waals surface area contributed by atoms with Crippen LogP contribution in [0.5, 0.6) is 11.5 Å². The first-order chi connectivity index (χ1) is 8.25. The molecule has 2 heterocycles. The summed E-state index contributed by atoms with van der Waals surface area (Å²) < 4.78 is 10.9. The molecule has 4 nitrogen and oxygen atoms in total. The average Bonchev–Trinajstić information content (AvgIpc) is 2.95. The van der Waals surface area contributed by atoms with Gasteiger partial charge in [0.05, 0.1) is 5.82 Å². The van der Waals surface area contributed by atoms with Crippen molar-refractivity contribution < 1.29 is 9.47 Å². The van der Waals surface area contributed by atoms with Crippen molar-refractivity contribution in [2.45, 2.75) is 12.8 Å². The highest BCUT2D eigenvalue weighted by Crippen LogP contribution is 2.40. The molecule has 4 heteroatoms. The molecule has 2 aliphatic heterocycles. The molecule has 1 atom stereocenters. The van der Waals surface area contributed by atoms with E-state index in [4.69, 9.17) is 9.47 Å². The summed E-state index contributed by atoms with van der Waals surface area (Å²) in [5, 5.41) is 6.25. The van der Waals surface area contributed by atoms with Crippen molar-refractivity contribution in [3.8, 4) is 11.5 Å². The maximum Gasteiger partial charge on any atom is 0.231 e. The van der Waals surface area contributed by atoms with Gasteiger partial charge in [0.1, 0.15) is 0 Å². The van der Waals surface area contributed by atoms with Gasteiger partial charge in [-0.05, 0) is 6.07 Å². The van der Waals surface area contributed by atoms with Gasteiger partial charge in [-0.2, -0.15) is 0 Å². The standard InChI is InChI=1S/C13H14N2O2/c1-8(11-6-14-9(2)15-11)10-4-3-5-12-13(10)17-7-16-12/h3-6,8,14-15H,2,7H2,1H3. The van der Waals surface area contributed by atoms with Gasteiger partial charge < -0.3 is 20.1 Å². The zero-order valence-corrected chi connectivity index (χ0v) is 9.62. The summed E-state index contributed by atoms with van der Waals surface area (Å²) >= 11 is 0. The van der Waals surface area contributed by atoms with Crippen LogP contribution in [0.3, 0.4) is 0 Å². The number of fused-ring (bicyclic) bond motifs is 1. The molecule has 0 radical (unpaired) electrons. The molecule has 0 saturated heterocycles. The van der Waals surface area contributed by atoms with Crippen LogP contribution in [-0.2, 0) is 0 Å². The monoisotopic (exact) mass is 230 g/mol. The second kappa shape index (κ2) is 3.73. The van der Waals surface area contributed by atoms with Crippen LogP contribution in [0.2, 0.25) is 0 Å². The summed E-state index contributed by atoms with van der Waals surface area (Å²) in [7, 11) is 0. The van der Waals surface area contributed by atoms with Crippen LogP contribution in [0.15, 0.2) is 42.5 Å². The minimum absolute atomic E-state index is 0.207. The van der Waals surface area contributed by atoms with Crippen molar-refractivity contribution in [3.05, 3.63) is 48.1 Å². The molecule has 0 fully saturated rings. The number of benzene rings is 1. The zero-order chi connectivity index (χ0) is 11.8. The highest BCUT2D eigenvalue weighted by molar-refractivity contribution is 5.51. The largest absolute Gasteiger partial charge is 0.454 e. The van der Waals surface area contributed by atoms with Crippen LogP contribution in [0.4, 0.5) is 0 Å². The molecule has 17 heavy (non-hydrogen) atoms. The van der Waals surface area contributed by atoms with Crippen LogP contribution in [-0.4, -0.2) is 6.79 Å². The highest BCUT2D eigenvalue weighted by atomic mass is 16.7. The maximum atomic E-state index is 5.52. The van der Waals surface area contributed by atoms with Crippen molar-refractivity contribution in [1.82, 2.24) is 10.6 Å². The van der Waals surface area contributed by atoms with Gasteiger partial charge in [0.2, 0.25) is 6.79 Å². The molecule has 3 rings (SSSR count). The molecule has 88 valence electrons. The molecule has 0 aliphatic carbocycles. The van der Waals surface area contributed by atoms with Crippen LogP contribution in [0.1, 0.15) is 18.4 Å². The Kier molecular flexibility index (Phi) is 2.21. The fourth-order valence-corrected chi connectivity index (χ4v) is 2.11. The molecule has 0 aromatic heterocycles. The summed E-state index contributed by atoms with van der Waals surface area (Å²) in [6, 6.07) is 5.96. The van der Waals surface area contributed by atoms with E-state index in [2.05, 4.69) is 30.2 Å². The van der Waals surface area contributed by atoms with E-state index in [0.717, 1.165) is 28.6 Å². The van der Waals surface area contributed by atoms with Gasteiger partial charge >= 0.3 is 0 Å². The fraction of sp³-hybridized carbons (Fsp3) is 0.231. The molecule has 1 unspecified atom stereocenters. The molecule has 0 saturated carbocycles. The number of allylic oxidation sites excluding steroid dienone is 1. The number of para-hydroxylation sites is 1. The van der Waals surface area contributed by atoms with E-state index in [-0.39, 0.29) is 5.92 Å². The normalized spacial score (nSPS) is 18.4. The van der Waals surface area contributed by atoms with E-state index in [1.165, 1.54) is 0 Å². The van der Waals surface area contributed by atoms with Gasteiger partial charge in [-0.15, -0.1) is 0 Å². The quantitative estimate of drug-likeness (QED) is 0.815. The smallest absolute Gasteiger partial charge is 0.231 e. The Morgan fingerprint density at radius 1 is 1.35 bits per heavy atom. The Bertz CT molecular complexity index is 508. The van der Waals surface area contributed by atoms with Gasteiger partial charge in [0.25, 0.3) is 0 Å². The molecule has 0 amide bonds. The summed E-state index contributed by atoms with van der Waals surface area (Å²) in [4.78, 5) is 0. The predicted molar refractivity (Wildman–Crippen MR) is 64.5 cm³/mol. The SMILES string of the molecule is C=C1NC=C(C(C)c2cccc3c2OCO3)N1. The summed E-state index contributed by atoms with van der Waals surface area (Å²) in [5.41, 5.74) is 2.20. The molecule has 1 aromatic carbocycles. The lowest BCUT2D eigenvalue weighted by molar-refractivity contribution is 0.173. The maximum absolute atomic E-state index is 5.52. The highest BCUT2D eigenvalue weighted by Gasteiger charge is 2.24. The molecule has 2 N–H and O–H groups in total. The van der Waals surface area contributed by atoms with Crippen molar-refractivity contribution in [2.75, 3.05) is 6.79 Å². The van der Waals surface area contributed by atoms with E-state index in [1.54, 1.807) is 0 Å². The first-order valence-electron chi connectivity index (χ1n) is 5.57. The number of ether oxygens (including phenoxy) is 2. The third-order valence-electron chi connectivity index (χ3n) is 3.06. The van der Waals surface area contributed by atoms with Gasteiger partial charge in [0.15, 0.2) is 11.5 Å². The topological polar surface area (TPSA) is 42.5 Å². The number of nitrogens with one attached hydrogen (secondary N) is 2. The lowest BCUT2D eigenvalue weighted by atomic mass is 9.97. The Morgan fingerprint density at radius 3 is 3.00 bits per heavy atom. The molecular weight excluding hydrogens is 216 g/mol. The minimum atomic E-state index is 0.207. The fourth-order valence-electron chi connectivity index (χ4n) is 2.11. The minimum Gasteiger partial charge on any atom is -0.454 e. The third-order valence-corrected chi connectivity index (χ3v) is 3.06. The zero-order valence-electron chi connectivity index (χ0n) is 9.62. The summed E-state index contributed by atoms with van der Waals surface area (Å²) in [6.07, 6.45) is 1.93. The van der Waals surface area contributed by atoms with Crippen LogP contribution in [0, 0.1) is 0 Å². The van der Waals surface area contributed by atoms with E-state index in [9.17, 15) is 0 Å². The molecule has 1 aromatic rings.